The number of rotatable bonds is 1. The number of fused-ring (bicyclic) bond motifs is 1. The maximum atomic E-state index is 11.1. The van der Waals surface area contributed by atoms with Crippen molar-refractivity contribution >= 4 is 21.0 Å². The van der Waals surface area contributed by atoms with Crippen LogP contribution in [0.5, 0.6) is 0 Å². The number of benzene rings is 1. The molecule has 5 heteroatoms. The molecule has 0 saturated carbocycles. The zero-order valence-corrected chi connectivity index (χ0v) is 8.82. The van der Waals surface area contributed by atoms with E-state index in [1.165, 1.54) is 6.07 Å². The molecule has 1 aromatic carbocycles. The van der Waals surface area contributed by atoms with Crippen LogP contribution < -0.4 is 0 Å². The maximum absolute atomic E-state index is 11.1. The van der Waals surface area contributed by atoms with Crippen LogP contribution in [0.3, 0.4) is 0 Å². The van der Waals surface area contributed by atoms with Crippen molar-refractivity contribution < 1.29 is 13.0 Å². The highest BCUT2D eigenvalue weighted by atomic mass is 32.2. The molecule has 0 spiro atoms. The Morgan fingerprint density at radius 2 is 1.93 bits per heavy atom. The summed E-state index contributed by atoms with van der Waals surface area (Å²) in [6.45, 7) is 1.68. The average Bonchev–Trinajstić information content (AvgIpc) is 2.15. The minimum absolute atomic E-state index is 0.0920. The minimum atomic E-state index is -4.19. The van der Waals surface area contributed by atoms with Crippen molar-refractivity contribution in [3.63, 3.8) is 0 Å². The molecule has 0 amide bonds. The lowest BCUT2D eigenvalue weighted by Crippen LogP contribution is -2.01. The van der Waals surface area contributed by atoms with Gasteiger partial charge in [0.2, 0.25) is 0 Å². The predicted octanol–water partition coefficient (Wildman–Crippen LogP) is 1.79. The first kappa shape index (κ1) is 10.1. The second kappa shape index (κ2) is 3.29. The topological polar surface area (TPSA) is 67.3 Å². The van der Waals surface area contributed by atoms with Crippen LogP contribution in [-0.4, -0.2) is 18.0 Å². The van der Waals surface area contributed by atoms with Gasteiger partial charge in [0.15, 0.2) is 0 Å². The van der Waals surface area contributed by atoms with Crippen molar-refractivity contribution in [2.24, 2.45) is 0 Å². The summed E-state index contributed by atoms with van der Waals surface area (Å²) in [5.41, 5.74) is 1.12. The number of hydrogen-bond donors (Lipinski definition) is 1. The molecule has 0 unspecified atom stereocenters. The Morgan fingerprint density at radius 3 is 2.60 bits per heavy atom. The van der Waals surface area contributed by atoms with Gasteiger partial charge >= 0.3 is 0 Å². The molecular weight excluding hydrogens is 214 g/mol. The van der Waals surface area contributed by atoms with Gasteiger partial charge in [0, 0.05) is 11.1 Å². The molecule has 15 heavy (non-hydrogen) atoms. The number of para-hydroxylation sites is 1. The molecule has 0 saturated heterocycles. The molecule has 0 fully saturated rings. The number of aromatic nitrogens is 1. The summed E-state index contributed by atoms with van der Waals surface area (Å²) < 4.78 is 31.3. The third-order valence-electron chi connectivity index (χ3n) is 2.08. The van der Waals surface area contributed by atoms with E-state index in [0.717, 1.165) is 0 Å². The van der Waals surface area contributed by atoms with Gasteiger partial charge < -0.3 is 0 Å². The summed E-state index contributed by atoms with van der Waals surface area (Å²) in [5.74, 6) is 0. The zero-order chi connectivity index (χ0) is 11.1. The lowest BCUT2D eigenvalue weighted by Gasteiger charge is -2.04. The fourth-order valence-corrected chi connectivity index (χ4v) is 2.25. The largest absolute Gasteiger partial charge is 0.295 e. The van der Waals surface area contributed by atoms with Gasteiger partial charge in [-0.05, 0) is 19.1 Å². The summed E-state index contributed by atoms with van der Waals surface area (Å²) in [5, 5.41) is 0.436. The van der Waals surface area contributed by atoms with Crippen LogP contribution in [0.1, 0.15) is 5.69 Å². The van der Waals surface area contributed by atoms with Crippen LogP contribution in [0.4, 0.5) is 0 Å². The zero-order valence-electron chi connectivity index (χ0n) is 8.01. The molecular formula is C10H9NO3S. The number of pyridine rings is 1. The summed E-state index contributed by atoms with van der Waals surface area (Å²) in [7, 11) is -4.19. The van der Waals surface area contributed by atoms with Crippen molar-refractivity contribution in [2.75, 3.05) is 0 Å². The van der Waals surface area contributed by atoms with Crippen molar-refractivity contribution in [2.45, 2.75) is 11.8 Å². The monoisotopic (exact) mass is 223 g/mol. The fourth-order valence-electron chi connectivity index (χ4n) is 1.48. The van der Waals surface area contributed by atoms with E-state index in [1.54, 1.807) is 31.2 Å². The van der Waals surface area contributed by atoms with Crippen molar-refractivity contribution in [3.8, 4) is 0 Å². The number of hydrogen-bond acceptors (Lipinski definition) is 3. The standard InChI is InChI=1S/C10H9NO3S/c1-7-6-10(15(12,13)14)8-4-2-3-5-9(8)11-7/h2-6H,1H3,(H,12,13,14). The molecule has 0 aliphatic carbocycles. The normalized spacial score (nSPS) is 11.9. The van der Waals surface area contributed by atoms with Crippen molar-refractivity contribution in [1.29, 1.82) is 0 Å². The molecule has 0 bridgehead atoms. The van der Waals surface area contributed by atoms with E-state index in [-0.39, 0.29) is 4.90 Å². The molecule has 1 aromatic heterocycles. The number of aryl methyl sites for hydroxylation is 1. The molecule has 1 heterocycles. The maximum Gasteiger partial charge on any atom is 0.295 e. The highest BCUT2D eigenvalue weighted by molar-refractivity contribution is 7.86. The molecule has 0 atom stereocenters. The first-order valence-electron chi connectivity index (χ1n) is 4.32. The smallest absolute Gasteiger partial charge is 0.282 e. The van der Waals surface area contributed by atoms with Gasteiger partial charge in [0.1, 0.15) is 4.90 Å². The summed E-state index contributed by atoms with van der Waals surface area (Å²) in [6, 6.07) is 8.15. The van der Waals surface area contributed by atoms with E-state index in [9.17, 15) is 8.42 Å². The number of nitrogens with zero attached hydrogens (tertiary/aromatic N) is 1. The minimum Gasteiger partial charge on any atom is -0.282 e. The van der Waals surface area contributed by atoms with Gasteiger partial charge in [-0.15, -0.1) is 0 Å². The van der Waals surface area contributed by atoms with E-state index in [1.807, 2.05) is 0 Å². The van der Waals surface area contributed by atoms with Gasteiger partial charge in [0.05, 0.1) is 5.52 Å². The van der Waals surface area contributed by atoms with E-state index >= 15 is 0 Å². The highest BCUT2D eigenvalue weighted by Gasteiger charge is 2.14. The van der Waals surface area contributed by atoms with Gasteiger partial charge in [0.25, 0.3) is 10.1 Å². The predicted molar refractivity (Wildman–Crippen MR) is 56.3 cm³/mol. The van der Waals surface area contributed by atoms with Crippen LogP contribution in [0.25, 0.3) is 10.9 Å². The first-order valence-corrected chi connectivity index (χ1v) is 5.76. The second-order valence-corrected chi connectivity index (χ2v) is 4.64. The Morgan fingerprint density at radius 1 is 1.27 bits per heavy atom. The molecule has 0 aliphatic heterocycles. The fraction of sp³-hybridized carbons (Fsp3) is 0.100. The third kappa shape index (κ3) is 1.84. The Balaban J connectivity index is 2.96. The van der Waals surface area contributed by atoms with Gasteiger partial charge in [-0.3, -0.25) is 9.54 Å². The molecule has 78 valence electrons. The molecule has 4 nitrogen and oxygen atoms in total. The third-order valence-corrected chi connectivity index (χ3v) is 2.98. The van der Waals surface area contributed by atoms with E-state index in [2.05, 4.69) is 4.98 Å². The van der Waals surface area contributed by atoms with E-state index < -0.39 is 10.1 Å². The quantitative estimate of drug-likeness (QED) is 0.748. The van der Waals surface area contributed by atoms with Crippen LogP contribution in [-0.2, 0) is 10.1 Å². The average molecular weight is 223 g/mol. The Labute approximate surface area is 87.3 Å². The van der Waals surface area contributed by atoms with Crippen LogP contribution >= 0.6 is 0 Å². The Bertz CT molecular complexity index is 620. The molecule has 0 aliphatic rings. The second-order valence-electron chi connectivity index (χ2n) is 3.25. The van der Waals surface area contributed by atoms with Crippen LogP contribution in [0, 0.1) is 6.92 Å². The van der Waals surface area contributed by atoms with Crippen LogP contribution in [0.15, 0.2) is 35.2 Å². The van der Waals surface area contributed by atoms with Crippen LogP contribution in [0.2, 0.25) is 0 Å². The lowest BCUT2D eigenvalue weighted by atomic mass is 10.2. The first-order chi connectivity index (χ1) is 6.98. The highest BCUT2D eigenvalue weighted by Crippen LogP contribution is 2.21. The van der Waals surface area contributed by atoms with Gasteiger partial charge in [-0.2, -0.15) is 8.42 Å². The molecule has 0 radical (unpaired) electrons. The van der Waals surface area contributed by atoms with Gasteiger partial charge in [-0.25, -0.2) is 0 Å². The van der Waals surface area contributed by atoms with Crippen molar-refractivity contribution in [3.05, 3.63) is 36.0 Å². The molecule has 2 aromatic rings. The lowest BCUT2D eigenvalue weighted by molar-refractivity contribution is 0.484. The van der Waals surface area contributed by atoms with E-state index in [0.29, 0.717) is 16.6 Å². The summed E-state index contributed by atoms with van der Waals surface area (Å²) in [4.78, 5) is 4.08. The van der Waals surface area contributed by atoms with Gasteiger partial charge in [-0.1, -0.05) is 18.2 Å². The molecule has 1 N–H and O–H groups in total. The SMILES string of the molecule is Cc1cc(S(=O)(=O)O)c2ccccc2n1. The Hall–Kier alpha value is -1.46. The Kier molecular flexibility index (Phi) is 2.21. The van der Waals surface area contributed by atoms with Crippen molar-refractivity contribution in [1.82, 2.24) is 4.98 Å². The van der Waals surface area contributed by atoms with E-state index in [4.69, 9.17) is 4.55 Å². The molecule has 2 rings (SSSR count). The summed E-state index contributed by atoms with van der Waals surface area (Å²) >= 11 is 0. The summed E-state index contributed by atoms with van der Waals surface area (Å²) in [6.07, 6.45) is 0.